The van der Waals surface area contributed by atoms with Gasteiger partial charge in [-0.1, -0.05) is 18.5 Å². The Bertz CT molecular complexity index is 698. The lowest BCUT2D eigenvalue weighted by atomic mass is 10.0. The van der Waals surface area contributed by atoms with Crippen LogP contribution in [0.15, 0.2) is 30.7 Å². The van der Waals surface area contributed by atoms with Gasteiger partial charge in [-0.3, -0.25) is 4.79 Å². The predicted molar refractivity (Wildman–Crippen MR) is 93.4 cm³/mol. The number of amides is 1. The topological polar surface area (TPSA) is 71.0 Å². The van der Waals surface area contributed by atoms with Gasteiger partial charge in [-0.05, 0) is 31.4 Å². The van der Waals surface area contributed by atoms with Crippen molar-refractivity contribution in [1.29, 1.82) is 0 Å². The third kappa shape index (κ3) is 4.00. The lowest BCUT2D eigenvalue weighted by molar-refractivity contribution is 0.0930. The van der Waals surface area contributed by atoms with Crippen molar-refractivity contribution in [3.63, 3.8) is 0 Å². The van der Waals surface area contributed by atoms with E-state index in [0.29, 0.717) is 10.7 Å². The number of hydrogen-bond acceptors (Lipinski definition) is 5. The minimum absolute atomic E-state index is 0.104. The molecule has 1 saturated heterocycles. The van der Waals surface area contributed by atoms with Gasteiger partial charge >= 0.3 is 0 Å². The van der Waals surface area contributed by atoms with E-state index < -0.39 is 0 Å². The van der Waals surface area contributed by atoms with Crippen molar-refractivity contribution >= 4 is 23.3 Å². The first kappa shape index (κ1) is 16.6. The van der Waals surface area contributed by atoms with Crippen molar-refractivity contribution in [2.24, 2.45) is 0 Å². The fraction of sp³-hybridized carbons (Fsp3) is 0.412. The molecular weight excluding hydrogens is 326 g/mol. The Labute approximate surface area is 146 Å². The number of carbonyl (C=O) groups is 1. The first-order chi connectivity index (χ1) is 11.7. The Morgan fingerprint density at radius 2 is 2.08 bits per heavy atom. The predicted octanol–water partition coefficient (Wildman–Crippen LogP) is 2.49. The van der Waals surface area contributed by atoms with Crippen LogP contribution >= 0.6 is 11.6 Å². The first-order valence-corrected chi connectivity index (χ1v) is 8.52. The molecule has 6 nitrogen and oxygen atoms in total. The summed E-state index contributed by atoms with van der Waals surface area (Å²) in [4.78, 5) is 27.0. The van der Waals surface area contributed by atoms with Crippen molar-refractivity contribution in [1.82, 2.24) is 20.3 Å². The Morgan fingerprint density at radius 1 is 1.29 bits per heavy atom. The van der Waals surface area contributed by atoms with Gasteiger partial charge in [0.25, 0.3) is 5.91 Å². The lowest BCUT2D eigenvalue weighted by Gasteiger charge is -2.33. The highest BCUT2D eigenvalue weighted by atomic mass is 35.5. The smallest absolute Gasteiger partial charge is 0.253 e. The molecule has 0 unspecified atom stereocenters. The maximum atomic E-state index is 12.2. The van der Waals surface area contributed by atoms with Crippen LogP contribution in [0.4, 0.5) is 5.82 Å². The van der Waals surface area contributed by atoms with E-state index in [1.165, 1.54) is 6.20 Å². The zero-order valence-electron chi connectivity index (χ0n) is 13.6. The highest BCUT2D eigenvalue weighted by molar-refractivity contribution is 6.29. The van der Waals surface area contributed by atoms with Crippen LogP contribution in [-0.4, -0.2) is 40.0 Å². The number of carbonyl (C=O) groups excluding carboxylic acids is 1. The summed E-state index contributed by atoms with van der Waals surface area (Å²) in [7, 11) is 0. The Morgan fingerprint density at radius 3 is 2.75 bits per heavy atom. The lowest BCUT2D eigenvalue weighted by Crippen LogP contribution is -2.45. The molecule has 0 aliphatic carbocycles. The van der Waals surface area contributed by atoms with Crippen LogP contribution in [0.5, 0.6) is 0 Å². The molecule has 0 aromatic carbocycles. The van der Waals surface area contributed by atoms with Gasteiger partial charge in [-0.25, -0.2) is 15.0 Å². The number of pyridine rings is 1. The molecule has 0 radical (unpaired) electrons. The number of nitrogens with one attached hydrogen (secondary N) is 1. The number of nitrogens with zero attached hydrogens (tertiary/aromatic N) is 4. The quantitative estimate of drug-likeness (QED) is 0.862. The van der Waals surface area contributed by atoms with Crippen LogP contribution in [0.3, 0.4) is 0 Å². The summed E-state index contributed by atoms with van der Waals surface area (Å²) in [5, 5.41) is 3.45. The van der Waals surface area contributed by atoms with E-state index in [1.54, 1.807) is 18.5 Å². The molecule has 1 fully saturated rings. The summed E-state index contributed by atoms with van der Waals surface area (Å²) in [6.07, 6.45) is 5.79. The highest BCUT2D eigenvalue weighted by Crippen LogP contribution is 2.18. The van der Waals surface area contributed by atoms with Gasteiger partial charge < -0.3 is 10.2 Å². The zero-order valence-corrected chi connectivity index (χ0v) is 14.3. The molecule has 1 N–H and O–H groups in total. The summed E-state index contributed by atoms with van der Waals surface area (Å²) in [5.41, 5.74) is 1.58. The van der Waals surface area contributed by atoms with Crippen LogP contribution in [0, 0.1) is 0 Å². The van der Waals surface area contributed by atoms with E-state index >= 15 is 0 Å². The third-order valence-electron chi connectivity index (χ3n) is 4.22. The number of halogens is 1. The molecular formula is C17H20ClN5O. The van der Waals surface area contributed by atoms with Gasteiger partial charge in [0.2, 0.25) is 0 Å². The maximum Gasteiger partial charge on any atom is 0.253 e. The number of aromatic nitrogens is 3. The Kier molecular flexibility index (Phi) is 5.25. The second kappa shape index (κ2) is 7.57. The molecule has 1 amide bonds. The first-order valence-electron chi connectivity index (χ1n) is 8.14. The van der Waals surface area contributed by atoms with Gasteiger partial charge in [-0.15, -0.1) is 0 Å². The fourth-order valence-corrected chi connectivity index (χ4v) is 2.90. The van der Waals surface area contributed by atoms with Crippen LogP contribution < -0.4 is 10.2 Å². The maximum absolute atomic E-state index is 12.2. The molecule has 0 atom stereocenters. The van der Waals surface area contributed by atoms with E-state index in [1.807, 2.05) is 6.07 Å². The highest BCUT2D eigenvalue weighted by Gasteiger charge is 2.22. The van der Waals surface area contributed by atoms with Crippen molar-refractivity contribution in [2.75, 3.05) is 18.0 Å². The Hall–Kier alpha value is -2.21. The van der Waals surface area contributed by atoms with Crippen molar-refractivity contribution < 1.29 is 4.79 Å². The minimum Gasteiger partial charge on any atom is -0.356 e. The molecule has 0 saturated carbocycles. The average molecular weight is 346 g/mol. The van der Waals surface area contributed by atoms with E-state index in [9.17, 15) is 4.79 Å². The SMILES string of the molecule is CCc1cc(N2CCC(NC(=O)c3ccc(Cl)nc3)CC2)ncn1. The van der Waals surface area contributed by atoms with Crippen LogP contribution in [0.1, 0.15) is 35.8 Å². The molecule has 24 heavy (non-hydrogen) atoms. The van der Waals surface area contributed by atoms with E-state index in [2.05, 4.69) is 32.1 Å². The van der Waals surface area contributed by atoms with Crippen LogP contribution in [-0.2, 0) is 6.42 Å². The second-order valence-corrected chi connectivity index (χ2v) is 6.21. The summed E-state index contributed by atoms with van der Waals surface area (Å²) in [5.74, 6) is 0.862. The molecule has 2 aromatic heterocycles. The summed E-state index contributed by atoms with van der Waals surface area (Å²) >= 11 is 5.75. The summed E-state index contributed by atoms with van der Waals surface area (Å²) in [6.45, 7) is 3.81. The molecule has 0 spiro atoms. The molecule has 1 aliphatic heterocycles. The molecule has 126 valence electrons. The molecule has 3 rings (SSSR count). The van der Waals surface area contributed by atoms with Gasteiger partial charge in [0.1, 0.15) is 17.3 Å². The summed E-state index contributed by atoms with van der Waals surface area (Å²) < 4.78 is 0. The molecule has 3 heterocycles. The fourth-order valence-electron chi connectivity index (χ4n) is 2.78. The number of aryl methyl sites for hydroxylation is 1. The van der Waals surface area contributed by atoms with Gasteiger partial charge in [-0.2, -0.15) is 0 Å². The van der Waals surface area contributed by atoms with Crippen molar-refractivity contribution in [3.8, 4) is 0 Å². The van der Waals surface area contributed by atoms with Crippen molar-refractivity contribution in [2.45, 2.75) is 32.2 Å². The largest absolute Gasteiger partial charge is 0.356 e. The monoisotopic (exact) mass is 345 g/mol. The standard InChI is InChI=1S/C17H20ClN5O/c1-2-13-9-16(21-11-20-13)23-7-5-14(6-8-23)22-17(24)12-3-4-15(18)19-10-12/h3-4,9-11,14H,2,5-8H2,1H3,(H,22,24). The minimum atomic E-state index is -0.104. The van der Waals surface area contributed by atoms with Gasteiger partial charge in [0.05, 0.1) is 5.56 Å². The number of piperidine rings is 1. The van der Waals surface area contributed by atoms with E-state index in [0.717, 1.165) is 43.9 Å². The molecule has 7 heteroatoms. The second-order valence-electron chi connectivity index (χ2n) is 5.83. The zero-order chi connectivity index (χ0) is 16.9. The molecule has 0 bridgehead atoms. The van der Waals surface area contributed by atoms with Crippen molar-refractivity contribution in [3.05, 3.63) is 47.1 Å². The summed E-state index contributed by atoms with van der Waals surface area (Å²) in [6, 6.07) is 5.52. The van der Waals surface area contributed by atoms with Gasteiger partial charge in [0.15, 0.2) is 0 Å². The average Bonchev–Trinajstić information content (AvgIpc) is 2.63. The normalized spacial score (nSPS) is 15.3. The number of hydrogen-bond donors (Lipinski definition) is 1. The van der Waals surface area contributed by atoms with Crippen LogP contribution in [0.2, 0.25) is 5.15 Å². The molecule has 2 aromatic rings. The van der Waals surface area contributed by atoms with E-state index in [-0.39, 0.29) is 11.9 Å². The third-order valence-corrected chi connectivity index (χ3v) is 4.44. The van der Waals surface area contributed by atoms with Crippen LogP contribution in [0.25, 0.3) is 0 Å². The van der Waals surface area contributed by atoms with E-state index in [4.69, 9.17) is 11.6 Å². The van der Waals surface area contributed by atoms with Gasteiger partial charge in [0, 0.05) is 37.1 Å². The number of rotatable bonds is 4. The molecule has 1 aliphatic rings. The Balaban J connectivity index is 1.55. The number of anilines is 1.